The van der Waals surface area contributed by atoms with E-state index in [9.17, 15) is 9.18 Å². The molecule has 150 valence electrons. The number of carbonyl (C=O) groups excluding carboxylic acids is 1. The Kier molecular flexibility index (Phi) is 7.53. The minimum Gasteiger partial charge on any atom is -0.444 e. The topological polar surface area (TPSA) is 57.2 Å². The number of guanidine groups is 1. The Morgan fingerprint density at radius 1 is 1.27 bits per heavy atom. The number of carbonyl (C=O) groups is 1. The molecule has 0 radical (unpaired) electrons. The van der Waals surface area contributed by atoms with Gasteiger partial charge in [0, 0.05) is 39.3 Å². The number of hydrogen-bond donors (Lipinski definition) is 1. The van der Waals surface area contributed by atoms with Crippen LogP contribution in [-0.4, -0.2) is 73.4 Å². The Hall–Kier alpha value is -1.53. The van der Waals surface area contributed by atoms with Crippen LogP contribution in [0, 0.1) is 5.92 Å². The second-order valence-corrected chi connectivity index (χ2v) is 8.31. The summed E-state index contributed by atoms with van der Waals surface area (Å²) in [5.74, 6) is 1.46. The van der Waals surface area contributed by atoms with Gasteiger partial charge in [-0.05, 0) is 58.8 Å². The van der Waals surface area contributed by atoms with Crippen LogP contribution in [0.15, 0.2) is 4.99 Å². The molecule has 2 aliphatic rings. The zero-order valence-electron chi connectivity index (χ0n) is 16.8. The van der Waals surface area contributed by atoms with Crippen molar-refractivity contribution in [2.75, 3.05) is 39.9 Å². The third-order valence-electron chi connectivity index (χ3n) is 4.79. The fourth-order valence-electron chi connectivity index (χ4n) is 3.26. The largest absolute Gasteiger partial charge is 0.444 e. The minimum absolute atomic E-state index is 0.187. The van der Waals surface area contributed by atoms with E-state index in [1.807, 2.05) is 25.7 Å². The van der Waals surface area contributed by atoms with Gasteiger partial charge in [-0.3, -0.25) is 9.38 Å². The summed E-state index contributed by atoms with van der Waals surface area (Å²) in [6.45, 7) is 8.49. The number of amides is 1. The smallest absolute Gasteiger partial charge is 0.410 e. The normalized spacial score (nSPS) is 19.4. The zero-order chi connectivity index (χ0) is 19.2. The average Bonchev–Trinajstić information content (AvgIpc) is 3.40. The molecule has 0 spiro atoms. The molecule has 0 atom stereocenters. The Morgan fingerprint density at radius 2 is 1.92 bits per heavy atom. The van der Waals surface area contributed by atoms with Gasteiger partial charge in [-0.2, -0.15) is 0 Å². The monoisotopic (exact) mass is 370 g/mol. The van der Waals surface area contributed by atoms with E-state index in [1.165, 1.54) is 12.8 Å². The van der Waals surface area contributed by atoms with Crippen LogP contribution in [0.5, 0.6) is 0 Å². The maximum atomic E-state index is 12.7. The highest BCUT2D eigenvalue weighted by Gasteiger charge is 2.35. The number of hydrogen-bond acceptors (Lipinski definition) is 3. The van der Waals surface area contributed by atoms with Gasteiger partial charge in [0.25, 0.3) is 0 Å². The van der Waals surface area contributed by atoms with Crippen LogP contribution in [0.2, 0.25) is 0 Å². The molecule has 26 heavy (non-hydrogen) atoms. The Bertz CT molecular complexity index is 480. The van der Waals surface area contributed by atoms with E-state index in [-0.39, 0.29) is 18.8 Å². The molecule has 1 aliphatic heterocycles. The lowest BCUT2D eigenvalue weighted by Crippen LogP contribution is -2.52. The Labute approximate surface area is 157 Å². The molecule has 0 aromatic heterocycles. The minimum atomic E-state index is -0.470. The van der Waals surface area contributed by atoms with Crippen molar-refractivity contribution in [3.8, 4) is 0 Å². The fourth-order valence-corrected chi connectivity index (χ4v) is 3.26. The van der Waals surface area contributed by atoms with Gasteiger partial charge in [0.15, 0.2) is 5.96 Å². The number of aliphatic imine (C=N–C) groups is 1. The average molecular weight is 371 g/mol. The third kappa shape index (κ3) is 6.65. The van der Waals surface area contributed by atoms with Crippen LogP contribution in [0.25, 0.3) is 0 Å². The lowest BCUT2D eigenvalue weighted by atomic mass is 10.0. The van der Waals surface area contributed by atoms with Crippen molar-refractivity contribution in [1.82, 2.24) is 15.1 Å². The van der Waals surface area contributed by atoms with E-state index in [2.05, 4.69) is 15.2 Å². The van der Waals surface area contributed by atoms with Gasteiger partial charge >= 0.3 is 6.09 Å². The van der Waals surface area contributed by atoms with Crippen LogP contribution < -0.4 is 5.32 Å². The van der Waals surface area contributed by atoms with Crippen molar-refractivity contribution in [2.24, 2.45) is 10.9 Å². The summed E-state index contributed by atoms with van der Waals surface area (Å²) in [5, 5.41) is 3.21. The van der Waals surface area contributed by atoms with Gasteiger partial charge < -0.3 is 19.9 Å². The molecule has 1 heterocycles. The van der Waals surface area contributed by atoms with Gasteiger partial charge in [0.2, 0.25) is 0 Å². The van der Waals surface area contributed by atoms with Gasteiger partial charge in [-0.1, -0.05) is 0 Å². The van der Waals surface area contributed by atoms with Crippen LogP contribution in [0.1, 0.15) is 52.9 Å². The highest BCUT2D eigenvalue weighted by molar-refractivity contribution is 5.80. The highest BCUT2D eigenvalue weighted by atomic mass is 19.1. The fraction of sp³-hybridized carbons (Fsp3) is 0.895. The molecule has 1 saturated heterocycles. The number of piperidine rings is 1. The predicted molar refractivity (Wildman–Crippen MR) is 102 cm³/mol. The second-order valence-electron chi connectivity index (χ2n) is 8.31. The molecule has 0 bridgehead atoms. The van der Waals surface area contributed by atoms with Crippen LogP contribution in [0.3, 0.4) is 0 Å². The molecule has 1 aliphatic carbocycles. The third-order valence-corrected chi connectivity index (χ3v) is 4.79. The summed E-state index contributed by atoms with van der Waals surface area (Å²) in [5.41, 5.74) is -0.470. The standard InChI is InChI=1S/C19H35FN4O2/c1-19(2,3)26-18(25)24(14-15-6-7-15)16-8-12-23(13-9-16)17(21-4)22-11-5-10-20/h15-16H,5-14H2,1-4H3,(H,21,22). The van der Waals surface area contributed by atoms with Crippen molar-refractivity contribution in [1.29, 1.82) is 0 Å². The summed E-state index contributed by atoms with van der Waals surface area (Å²) < 4.78 is 17.9. The summed E-state index contributed by atoms with van der Waals surface area (Å²) in [7, 11) is 1.75. The first-order valence-corrected chi connectivity index (χ1v) is 9.85. The van der Waals surface area contributed by atoms with Gasteiger partial charge in [0.05, 0.1) is 6.67 Å². The summed E-state index contributed by atoms with van der Waals surface area (Å²) >= 11 is 0. The number of nitrogens with zero attached hydrogens (tertiary/aromatic N) is 3. The van der Waals surface area contributed by atoms with Crippen molar-refractivity contribution in [3.63, 3.8) is 0 Å². The van der Waals surface area contributed by atoms with Gasteiger partial charge in [0.1, 0.15) is 5.60 Å². The molecule has 0 unspecified atom stereocenters. The summed E-state index contributed by atoms with van der Waals surface area (Å²) in [4.78, 5) is 21.1. The predicted octanol–water partition coefficient (Wildman–Crippen LogP) is 3.03. The zero-order valence-corrected chi connectivity index (χ0v) is 16.8. The van der Waals surface area contributed by atoms with E-state index in [0.717, 1.165) is 38.4 Å². The van der Waals surface area contributed by atoms with Crippen molar-refractivity contribution < 1.29 is 13.9 Å². The molecule has 1 saturated carbocycles. The number of alkyl halides is 1. The lowest BCUT2D eigenvalue weighted by Gasteiger charge is -2.40. The maximum absolute atomic E-state index is 12.7. The molecule has 2 fully saturated rings. The number of halogens is 1. The lowest BCUT2D eigenvalue weighted by molar-refractivity contribution is 0.00929. The summed E-state index contributed by atoms with van der Waals surface area (Å²) in [6.07, 6.45) is 4.52. The first-order chi connectivity index (χ1) is 12.3. The molecule has 2 rings (SSSR count). The number of ether oxygens (including phenoxy) is 1. The van der Waals surface area contributed by atoms with E-state index in [0.29, 0.717) is 18.9 Å². The van der Waals surface area contributed by atoms with Crippen molar-refractivity contribution in [2.45, 2.75) is 64.5 Å². The molecular weight excluding hydrogens is 335 g/mol. The first-order valence-electron chi connectivity index (χ1n) is 9.85. The second kappa shape index (κ2) is 9.42. The van der Waals surface area contributed by atoms with E-state index in [1.54, 1.807) is 7.05 Å². The highest BCUT2D eigenvalue weighted by Crippen LogP contribution is 2.32. The number of rotatable bonds is 6. The molecular formula is C19H35FN4O2. The Balaban J connectivity index is 1.90. The van der Waals surface area contributed by atoms with E-state index < -0.39 is 5.60 Å². The van der Waals surface area contributed by atoms with Crippen LogP contribution in [-0.2, 0) is 4.74 Å². The van der Waals surface area contributed by atoms with Crippen molar-refractivity contribution in [3.05, 3.63) is 0 Å². The molecule has 0 aromatic carbocycles. The Morgan fingerprint density at radius 3 is 2.42 bits per heavy atom. The molecule has 7 heteroatoms. The molecule has 6 nitrogen and oxygen atoms in total. The van der Waals surface area contributed by atoms with Crippen LogP contribution in [0.4, 0.5) is 9.18 Å². The quantitative estimate of drug-likeness (QED) is 0.444. The van der Waals surface area contributed by atoms with E-state index in [4.69, 9.17) is 4.74 Å². The maximum Gasteiger partial charge on any atom is 0.410 e. The first kappa shape index (κ1) is 20.8. The van der Waals surface area contributed by atoms with Gasteiger partial charge in [-0.25, -0.2) is 4.79 Å². The number of likely N-dealkylation sites (tertiary alicyclic amines) is 1. The SMILES string of the molecule is CN=C(NCCCF)N1CCC(N(CC2CC2)C(=O)OC(C)(C)C)CC1. The van der Waals surface area contributed by atoms with Gasteiger partial charge in [-0.15, -0.1) is 0 Å². The molecule has 1 N–H and O–H groups in total. The molecule has 1 amide bonds. The van der Waals surface area contributed by atoms with Crippen molar-refractivity contribution >= 4 is 12.1 Å². The van der Waals surface area contributed by atoms with Crippen LogP contribution >= 0.6 is 0 Å². The van der Waals surface area contributed by atoms with E-state index >= 15 is 0 Å². The summed E-state index contributed by atoms with van der Waals surface area (Å²) in [6, 6.07) is 0.214. The molecule has 0 aromatic rings. The number of nitrogens with one attached hydrogen (secondary N) is 1.